The molecule has 0 radical (unpaired) electrons. The summed E-state index contributed by atoms with van der Waals surface area (Å²) in [4.78, 5) is 34.1. The first-order valence-electron chi connectivity index (χ1n) is 14.8. The van der Waals surface area contributed by atoms with Gasteiger partial charge in [-0.15, -0.1) is 0 Å². The Kier molecular flexibility index (Phi) is 8.74. The fourth-order valence-electron chi connectivity index (χ4n) is 5.91. The molecular formula is C33H47N3O5. The minimum absolute atomic E-state index is 0.244. The van der Waals surface area contributed by atoms with Crippen LogP contribution in [0.1, 0.15) is 95.5 Å². The van der Waals surface area contributed by atoms with Crippen molar-refractivity contribution in [1.82, 2.24) is 9.88 Å². The molecule has 1 amide bonds. The summed E-state index contributed by atoms with van der Waals surface area (Å²) in [5.41, 5.74) is 7.24. The van der Waals surface area contributed by atoms with Gasteiger partial charge < -0.3 is 24.4 Å². The maximum atomic E-state index is 13.7. The van der Waals surface area contributed by atoms with Gasteiger partial charge in [-0.25, -0.2) is 9.59 Å². The second-order valence-electron chi connectivity index (χ2n) is 13.6. The van der Waals surface area contributed by atoms with Crippen LogP contribution in [-0.2, 0) is 27.2 Å². The minimum Gasteiger partial charge on any atom is -0.465 e. The molecule has 8 nitrogen and oxygen atoms in total. The summed E-state index contributed by atoms with van der Waals surface area (Å²) in [5, 5.41) is 9.50. The van der Waals surface area contributed by atoms with E-state index in [1.165, 1.54) is 4.90 Å². The summed E-state index contributed by atoms with van der Waals surface area (Å²) in [6, 6.07) is 6.29. The lowest BCUT2D eigenvalue weighted by molar-refractivity contribution is -0.171. The van der Waals surface area contributed by atoms with Crippen LogP contribution in [0, 0.1) is 19.3 Å². The van der Waals surface area contributed by atoms with E-state index in [2.05, 4.69) is 30.9 Å². The number of rotatable bonds is 6. The Balaban J connectivity index is 1.93. The van der Waals surface area contributed by atoms with Crippen LogP contribution in [0.25, 0.3) is 11.1 Å². The molecule has 1 aromatic heterocycles. The maximum Gasteiger partial charge on any atom is 0.407 e. The van der Waals surface area contributed by atoms with E-state index in [1.807, 2.05) is 54.5 Å². The molecule has 0 bridgehead atoms. The van der Waals surface area contributed by atoms with Crippen LogP contribution in [0.3, 0.4) is 0 Å². The molecule has 2 aromatic rings. The molecule has 4 rings (SSSR count). The number of benzene rings is 1. The predicted molar refractivity (Wildman–Crippen MR) is 161 cm³/mol. The van der Waals surface area contributed by atoms with Crippen molar-refractivity contribution < 1.29 is 24.2 Å². The van der Waals surface area contributed by atoms with Crippen molar-refractivity contribution >= 4 is 17.7 Å². The van der Waals surface area contributed by atoms with E-state index >= 15 is 0 Å². The Hall–Kier alpha value is -3.13. The second-order valence-corrected chi connectivity index (χ2v) is 13.6. The van der Waals surface area contributed by atoms with Crippen LogP contribution in [0.15, 0.2) is 18.2 Å². The van der Waals surface area contributed by atoms with Crippen LogP contribution in [0.4, 0.5) is 10.5 Å². The Labute approximate surface area is 245 Å². The van der Waals surface area contributed by atoms with E-state index in [4.69, 9.17) is 14.5 Å². The Morgan fingerprint density at radius 3 is 2.27 bits per heavy atom. The minimum atomic E-state index is -0.934. The number of anilines is 1. The van der Waals surface area contributed by atoms with Crippen molar-refractivity contribution in [2.45, 2.75) is 106 Å². The molecule has 1 fully saturated rings. The standard InChI is InChI=1S/C33H47N3O5/c1-20(2)40-30(37)29(41-32(5,6)7)27-22(4)34-21(3)26(28(27)35-16-13-33(8,9)14-17-35)24-10-11-25-19-36(31(38)39)15-12-23(25)18-24/h10-11,18,20,29H,12-17,19H2,1-9H3,(H,38,39). The van der Waals surface area contributed by atoms with Gasteiger partial charge >= 0.3 is 12.1 Å². The number of piperidine rings is 1. The van der Waals surface area contributed by atoms with Gasteiger partial charge in [0.1, 0.15) is 0 Å². The molecule has 1 aromatic carbocycles. The quantitative estimate of drug-likeness (QED) is 0.384. The van der Waals surface area contributed by atoms with E-state index in [-0.39, 0.29) is 11.5 Å². The van der Waals surface area contributed by atoms with E-state index in [0.717, 1.165) is 70.8 Å². The molecule has 0 spiro atoms. The van der Waals surface area contributed by atoms with Crippen molar-refractivity contribution in [3.8, 4) is 11.1 Å². The molecule has 1 saturated heterocycles. The van der Waals surface area contributed by atoms with Gasteiger partial charge in [0, 0.05) is 48.7 Å². The third kappa shape index (κ3) is 7.03. The fraction of sp³-hybridized carbons (Fsp3) is 0.606. The lowest BCUT2D eigenvalue weighted by Crippen LogP contribution is -2.39. The van der Waals surface area contributed by atoms with Crippen molar-refractivity contribution in [3.05, 3.63) is 46.3 Å². The number of ether oxygens (including phenoxy) is 2. The number of hydrogen-bond donors (Lipinski definition) is 1. The average Bonchev–Trinajstić information content (AvgIpc) is 2.85. The molecule has 1 atom stereocenters. The third-order valence-corrected chi connectivity index (χ3v) is 8.09. The fourth-order valence-corrected chi connectivity index (χ4v) is 5.91. The number of pyridine rings is 1. The molecule has 2 aliphatic heterocycles. The average molecular weight is 566 g/mol. The number of esters is 1. The van der Waals surface area contributed by atoms with Gasteiger partial charge in [-0.05, 0) is 89.8 Å². The molecule has 41 heavy (non-hydrogen) atoms. The topological polar surface area (TPSA) is 92.2 Å². The van der Waals surface area contributed by atoms with Crippen LogP contribution >= 0.6 is 0 Å². The summed E-state index contributed by atoms with van der Waals surface area (Å²) in [6.45, 7) is 20.7. The molecule has 0 saturated carbocycles. The number of carboxylic acid groups (broad SMARTS) is 1. The summed E-state index contributed by atoms with van der Waals surface area (Å²) in [5.74, 6) is -0.410. The summed E-state index contributed by atoms with van der Waals surface area (Å²) < 4.78 is 12.3. The molecule has 224 valence electrons. The molecule has 1 unspecified atom stereocenters. The monoisotopic (exact) mass is 565 g/mol. The van der Waals surface area contributed by atoms with Crippen molar-refractivity contribution in [2.24, 2.45) is 5.41 Å². The zero-order chi connectivity index (χ0) is 30.3. The Morgan fingerprint density at radius 2 is 1.68 bits per heavy atom. The zero-order valence-electron chi connectivity index (χ0n) is 26.3. The van der Waals surface area contributed by atoms with Crippen LogP contribution in [-0.4, -0.2) is 58.4 Å². The first-order valence-corrected chi connectivity index (χ1v) is 14.8. The number of aryl methyl sites for hydroxylation is 2. The highest BCUT2D eigenvalue weighted by Crippen LogP contribution is 2.45. The van der Waals surface area contributed by atoms with Gasteiger partial charge in [0.25, 0.3) is 0 Å². The van der Waals surface area contributed by atoms with Gasteiger partial charge in [-0.2, -0.15) is 0 Å². The summed E-state index contributed by atoms with van der Waals surface area (Å²) in [7, 11) is 0. The van der Waals surface area contributed by atoms with E-state index in [9.17, 15) is 14.7 Å². The number of carbonyl (C=O) groups excluding carboxylic acids is 1. The normalized spacial score (nSPS) is 17.8. The highest BCUT2D eigenvalue weighted by molar-refractivity contribution is 5.88. The maximum absolute atomic E-state index is 13.7. The van der Waals surface area contributed by atoms with Crippen LogP contribution in [0.5, 0.6) is 0 Å². The number of fused-ring (bicyclic) bond motifs is 1. The second kappa shape index (κ2) is 11.6. The van der Waals surface area contributed by atoms with Crippen molar-refractivity contribution in [3.63, 3.8) is 0 Å². The first-order chi connectivity index (χ1) is 19.1. The van der Waals surface area contributed by atoms with Crippen molar-refractivity contribution in [1.29, 1.82) is 0 Å². The van der Waals surface area contributed by atoms with Gasteiger partial charge in [0.15, 0.2) is 6.10 Å². The van der Waals surface area contributed by atoms with Gasteiger partial charge in [0.05, 0.1) is 17.4 Å². The lowest BCUT2D eigenvalue weighted by atomic mass is 9.81. The largest absolute Gasteiger partial charge is 0.465 e. The van der Waals surface area contributed by atoms with Crippen molar-refractivity contribution in [2.75, 3.05) is 24.5 Å². The first kappa shape index (κ1) is 30.8. The van der Waals surface area contributed by atoms with Gasteiger partial charge in [-0.1, -0.05) is 32.0 Å². The Bertz CT molecular complexity index is 1300. The molecule has 1 N–H and O–H groups in total. The van der Waals surface area contributed by atoms with Gasteiger partial charge in [-0.3, -0.25) is 4.98 Å². The van der Waals surface area contributed by atoms with Crippen LogP contribution < -0.4 is 4.90 Å². The highest BCUT2D eigenvalue weighted by Gasteiger charge is 2.38. The number of carbonyl (C=O) groups is 2. The van der Waals surface area contributed by atoms with E-state index in [1.54, 1.807) is 0 Å². The highest BCUT2D eigenvalue weighted by atomic mass is 16.6. The summed E-state index contributed by atoms with van der Waals surface area (Å²) in [6.07, 6.45) is 0.611. The number of amides is 1. The molecule has 8 heteroatoms. The number of hydrogen-bond acceptors (Lipinski definition) is 6. The van der Waals surface area contributed by atoms with E-state index in [0.29, 0.717) is 19.5 Å². The number of aromatic nitrogens is 1. The zero-order valence-corrected chi connectivity index (χ0v) is 26.3. The SMILES string of the molecule is Cc1nc(C)c(C(OC(C)(C)C)C(=O)OC(C)C)c(N2CCC(C)(C)CC2)c1-c1ccc2c(c1)CCN(C(=O)O)C2. The molecule has 2 aliphatic rings. The van der Waals surface area contributed by atoms with Gasteiger partial charge in [0.2, 0.25) is 0 Å². The molecule has 3 heterocycles. The molecular weight excluding hydrogens is 518 g/mol. The van der Waals surface area contributed by atoms with Crippen LogP contribution in [0.2, 0.25) is 0 Å². The third-order valence-electron chi connectivity index (χ3n) is 8.09. The molecule has 0 aliphatic carbocycles. The smallest absolute Gasteiger partial charge is 0.407 e. The lowest BCUT2D eigenvalue weighted by Gasteiger charge is -2.41. The Morgan fingerprint density at radius 1 is 1.02 bits per heavy atom. The predicted octanol–water partition coefficient (Wildman–Crippen LogP) is 6.84. The van der Waals surface area contributed by atoms with E-state index < -0.39 is 23.8 Å². The number of nitrogens with zero attached hydrogens (tertiary/aromatic N) is 3. The summed E-state index contributed by atoms with van der Waals surface area (Å²) >= 11 is 0.